The topological polar surface area (TPSA) is 47.7 Å². The summed E-state index contributed by atoms with van der Waals surface area (Å²) in [5.74, 6) is 0. The highest BCUT2D eigenvalue weighted by Gasteiger charge is 2.18. The van der Waals surface area contributed by atoms with E-state index in [4.69, 9.17) is 4.74 Å². The number of ether oxygens (including phenoxy) is 1. The minimum Gasteiger partial charge on any atom is -0.375 e. The van der Waals surface area contributed by atoms with E-state index in [9.17, 15) is 0 Å². The Balaban J connectivity index is 1.10. The number of thiazole rings is 2. The highest BCUT2D eigenvalue weighted by Crippen LogP contribution is 2.16. The number of benzene rings is 2. The van der Waals surface area contributed by atoms with Crippen molar-refractivity contribution in [3.05, 3.63) is 105 Å². The van der Waals surface area contributed by atoms with E-state index in [0.717, 1.165) is 25.1 Å². The molecule has 0 unspecified atom stereocenters. The molecule has 178 valence electrons. The van der Waals surface area contributed by atoms with Gasteiger partial charge >= 0.3 is 0 Å². The van der Waals surface area contributed by atoms with Crippen LogP contribution in [-0.2, 0) is 30.7 Å². The number of hydrogen-bond acceptors (Lipinski definition) is 5. The Hall–Kier alpha value is -3.20. The maximum atomic E-state index is 5.92. The summed E-state index contributed by atoms with van der Waals surface area (Å²) < 4.78 is 12.3. The Morgan fingerprint density at radius 3 is 1.97 bits per heavy atom. The summed E-state index contributed by atoms with van der Waals surface area (Å²) >= 11 is 3.57. The van der Waals surface area contributed by atoms with Crippen LogP contribution in [0.4, 0.5) is 0 Å². The first-order chi connectivity index (χ1) is 17.2. The van der Waals surface area contributed by atoms with E-state index in [2.05, 4.69) is 92.8 Å². The zero-order chi connectivity index (χ0) is 24.0. The third-order valence-electron chi connectivity index (χ3n) is 6.08. The van der Waals surface area contributed by atoms with Crippen molar-refractivity contribution in [2.75, 3.05) is 6.61 Å². The largest absolute Gasteiger partial charge is 0.375 e. The van der Waals surface area contributed by atoms with Crippen molar-refractivity contribution in [3.63, 3.8) is 0 Å². The quantitative estimate of drug-likeness (QED) is 0.207. The summed E-state index contributed by atoms with van der Waals surface area (Å²) in [5, 5.41) is 8.59. The number of para-hydroxylation sites is 2. The molecular formula is C27H29N5OS2+2. The molecule has 5 rings (SSSR count). The lowest BCUT2D eigenvalue weighted by atomic mass is 10.2. The molecule has 3 aromatic heterocycles. The second-order valence-corrected chi connectivity index (χ2v) is 10.3. The molecule has 5 aromatic rings. The molecule has 6 nitrogen and oxygen atoms in total. The summed E-state index contributed by atoms with van der Waals surface area (Å²) in [5.41, 5.74) is 10.2. The van der Waals surface area contributed by atoms with E-state index < -0.39 is 0 Å². The molecule has 35 heavy (non-hydrogen) atoms. The Morgan fingerprint density at radius 2 is 1.37 bits per heavy atom. The second-order valence-electron chi connectivity index (χ2n) is 8.40. The van der Waals surface area contributed by atoms with Crippen LogP contribution in [0.5, 0.6) is 0 Å². The second kappa shape index (κ2) is 11.0. The Bertz CT molecular complexity index is 1380. The van der Waals surface area contributed by atoms with Gasteiger partial charge in [-0.1, -0.05) is 64.3 Å². The van der Waals surface area contributed by atoms with Gasteiger partial charge in [0, 0.05) is 57.5 Å². The third kappa shape index (κ3) is 5.56. The third-order valence-corrected chi connectivity index (χ3v) is 8.28. The predicted molar refractivity (Wildman–Crippen MR) is 138 cm³/mol. The molecule has 0 fully saturated rings. The maximum absolute atomic E-state index is 5.92. The van der Waals surface area contributed by atoms with E-state index in [1.54, 1.807) is 22.7 Å². The molecule has 8 heteroatoms. The van der Waals surface area contributed by atoms with Crippen LogP contribution in [-0.4, -0.2) is 21.6 Å². The minimum atomic E-state index is 0.481. The number of hydrogen-bond donors (Lipinski definition) is 0. The average Bonchev–Trinajstić information content (AvgIpc) is 3.60. The molecule has 0 saturated carbocycles. The van der Waals surface area contributed by atoms with Crippen LogP contribution in [0, 0.1) is 13.8 Å². The molecule has 0 aliphatic rings. The molecule has 0 amide bonds. The van der Waals surface area contributed by atoms with Crippen LogP contribution in [0.25, 0.3) is 11.4 Å². The van der Waals surface area contributed by atoms with Gasteiger partial charge in [0.1, 0.15) is 5.69 Å². The number of aromatic nitrogens is 5. The molecule has 0 atom stereocenters. The first-order valence-corrected chi connectivity index (χ1v) is 13.5. The van der Waals surface area contributed by atoms with Crippen molar-refractivity contribution in [1.82, 2.24) is 15.0 Å². The molecule has 0 bridgehead atoms. The maximum Gasteiger partial charge on any atom is 0.231 e. The number of rotatable bonds is 10. The summed E-state index contributed by atoms with van der Waals surface area (Å²) in [6.07, 6.45) is 3.82. The standard InChI is InChI=1S/C27H29N5OS2/c1-21-26(34-19-31(21)24-9-5-3-6-10-24)13-15-30-17-23(28-29-30)18-33-16-14-27-22(2)32(20-35-27)25-11-7-4-8-12-25/h3-12,17,19-20H,13-16,18H2,1-2H3/q+2. The van der Waals surface area contributed by atoms with E-state index in [1.807, 2.05) is 23.0 Å². The molecule has 2 aromatic carbocycles. The van der Waals surface area contributed by atoms with Gasteiger partial charge in [-0.3, -0.25) is 4.68 Å². The highest BCUT2D eigenvalue weighted by atomic mass is 32.1. The fourth-order valence-corrected chi connectivity index (χ4v) is 6.04. The minimum absolute atomic E-state index is 0.481. The van der Waals surface area contributed by atoms with Gasteiger partial charge in [0.05, 0.1) is 29.2 Å². The lowest BCUT2D eigenvalue weighted by molar-refractivity contribution is -0.597. The molecule has 3 heterocycles. The lowest BCUT2D eigenvalue weighted by Crippen LogP contribution is -2.31. The summed E-state index contributed by atoms with van der Waals surface area (Å²) in [4.78, 5) is 2.71. The fourth-order valence-electron chi connectivity index (χ4n) is 4.07. The monoisotopic (exact) mass is 503 g/mol. The SMILES string of the molecule is Cc1c(CCOCc2cn(CCc3sc[n+](-c4ccccc4)c3C)nn2)sc[n+]1-c1ccccc1. The Kier molecular flexibility index (Phi) is 7.42. The molecule has 0 spiro atoms. The van der Waals surface area contributed by atoms with E-state index in [1.165, 1.54) is 32.5 Å². The van der Waals surface area contributed by atoms with Crippen LogP contribution < -0.4 is 9.13 Å². The van der Waals surface area contributed by atoms with Gasteiger partial charge in [-0.25, -0.2) is 0 Å². The van der Waals surface area contributed by atoms with E-state index in [-0.39, 0.29) is 0 Å². The fraction of sp³-hybridized carbons (Fsp3) is 0.259. The van der Waals surface area contributed by atoms with E-state index in [0.29, 0.717) is 13.2 Å². The van der Waals surface area contributed by atoms with Crippen molar-refractivity contribution in [1.29, 1.82) is 0 Å². The van der Waals surface area contributed by atoms with Crippen LogP contribution in [0.2, 0.25) is 0 Å². The van der Waals surface area contributed by atoms with Crippen molar-refractivity contribution >= 4 is 22.7 Å². The Morgan fingerprint density at radius 1 is 0.800 bits per heavy atom. The lowest BCUT2D eigenvalue weighted by Gasteiger charge is -2.01. The van der Waals surface area contributed by atoms with Gasteiger partial charge in [0.2, 0.25) is 22.4 Å². The van der Waals surface area contributed by atoms with Gasteiger partial charge in [-0.05, 0) is 0 Å². The molecule has 0 saturated heterocycles. The molecule has 0 N–H and O–H groups in total. The predicted octanol–water partition coefficient (Wildman–Crippen LogP) is 4.57. The van der Waals surface area contributed by atoms with Gasteiger partial charge in [0.25, 0.3) is 0 Å². The van der Waals surface area contributed by atoms with Crippen molar-refractivity contribution in [3.8, 4) is 11.4 Å². The van der Waals surface area contributed by atoms with Gasteiger partial charge in [0.15, 0.2) is 11.4 Å². The Labute approximate surface area is 213 Å². The van der Waals surface area contributed by atoms with Crippen molar-refractivity contribution in [2.45, 2.75) is 39.8 Å². The smallest absolute Gasteiger partial charge is 0.231 e. The molecule has 0 aliphatic carbocycles. The van der Waals surface area contributed by atoms with Crippen LogP contribution in [0.1, 0.15) is 26.8 Å². The zero-order valence-electron chi connectivity index (χ0n) is 20.0. The number of nitrogens with zero attached hydrogens (tertiary/aromatic N) is 5. The first kappa shape index (κ1) is 23.5. The zero-order valence-corrected chi connectivity index (χ0v) is 21.6. The first-order valence-electron chi connectivity index (χ1n) is 11.7. The van der Waals surface area contributed by atoms with Crippen LogP contribution >= 0.6 is 22.7 Å². The summed E-state index contributed by atoms with van der Waals surface area (Å²) in [7, 11) is 0. The van der Waals surface area contributed by atoms with Crippen LogP contribution in [0.3, 0.4) is 0 Å². The number of aryl methyl sites for hydroxylation is 2. The molecule has 0 aliphatic heterocycles. The molecular weight excluding hydrogens is 474 g/mol. The highest BCUT2D eigenvalue weighted by molar-refractivity contribution is 7.09. The van der Waals surface area contributed by atoms with Gasteiger partial charge in [-0.15, -0.1) is 5.10 Å². The van der Waals surface area contributed by atoms with Gasteiger partial charge in [-0.2, -0.15) is 9.13 Å². The van der Waals surface area contributed by atoms with Crippen molar-refractivity contribution in [2.24, 2.45) is 0 Å². The normalized spacial score (nSPS) is 11.3. The molecule has 0 radical (unpaired) electrons. The average molecular weight is 504 g/mol. The van der Waals surface area contributed by atoms with Crippen LogP contribution in [0.15, 0.2) is 77.9 Å². The van der Waals surface area contributed by atoms with Crippen molar-refractivity contribution < 1.29 is 13.9 Å². The summed E-state index contributed by atoms with van der Waals surface area (Å²) in [6, 6.07) is 20.9. The van der Waals surface area contributed by atoms with E-state index >= 15 is 0 Å². The summed E-state index contributed by atoms with van der Waals surface area (Å²) in [6.45, 7) is 6.29. The van der Waals surface area contributed by atoms with Gasteiger partial charge < -0.3 is 4.74 Å².